The van der Waals surface area contributed by atoms with Crippen molar-refractivity contribution in [2.24, 2.45) is 5.92 Å². The molecular weight excluding hydrogens is 272 g/mol. The molecule has 1 aromatic rings. The number of nitrogens with one attached hydrogen (secondary N) is 2. The third-order valence-corrected chi connectivity index (χ3v) is 3.53. The molecule has 0 radical (unpaired) electrons. The van der Waals surface area contributed by atoms with E-state index in [1.54, 1.807) is 0 Å². The normalized spacial score (nSPS) is 19.4. The zero-order chi connectivity index (χ0) is 15.2. The molecule has 3 N–H and O–H groups in total. The van der Waals surface area contributed by atoms with Crippen LogP contribution in [0.5, 0.6) is 0 Å². The van der Waals surface area contributed by atoms with Crippen molar-refractivity contribution in [1.29, 1.82) is 0 Å². The van der Waals surface area contributed by atoms with Crippen LogP contribution in [-0.4, -0.2) is 35.5 Å². The Kier molecular flexibility index (Phi) is 4.92. The second-order valence-electron chi connectivity index (χ2n) is 5.13. The summed E-state index contributed by atoms with van der Waals surface area (Å²) in [6.45, 7) is 0.266. The van der Waals surface area contributed by atoms with E-state index in [0.717, 1.165) is 5.56 Å². The van der Waals surface area contributed by atoms with Gasteiger partial charge in [-0.25, -0.2) is 4.79 Å². The Bertz CT molecular complexity index is 520. The molecule has 6 heteroatoms. The Hall–Kier alpha value is -2.37. The number of piperidine rings is 1. The summed E-state index contributed by atoms with van der Waals surface area (Å²) in [4.78, 5) is 34.4. The maximum Gasteiger partial charge on any atom is 0.326 e. The van der Waals surface area contributed by atoms with Crippen LogP contribution in [0.4, 0.5) is 0 Å². The summed E-state index contributed by atoms with van der Waals surface area (Å²) >= 11 is 0. The number of aliphatic carboxylic acids is 1. The predicted molar refractivity (Wildman–Crippen MR) is 75.4 cm³/mol. The second kappa shape index (κ2) is 6.88. The highest BCUT2D eigenvalue weighted by Gasteiger charge is 2.28. The Morgan fingerprint density at radius 3 is 2.62 bits per heavy atom. The van der Waals surface area contributed by atoms with E-state index in [4.69, 9.17) is 0 Å². The van der Waals surface area contributed by atoms with Crippen molar-refractivity contribution in [1.82, 2.24) is 10.6 Å². The van der Waals surface area contributed by atoms with Gasteiger partial charge < -0.3 is 15.7 Å². The Balaban J connectivity index is 1.95. The quantitative estimate of drug-likeness (QED) is 0.728. The third-order valence-electron chi connectivity index (χ3n) is 3.53. The van der Waals surface area contributed by atoms with Crippen molar-refractivity contribution in [2.75, 3.05) is 6.54 Å². The molecule has 1 aromatic carbocycles. The number of carboxylic acid groups (broad SMARTS) is 1. The van der Waals surface area contributed by atoms with Crippen LogP contribution in [0.25, 0.3) is 0 Å². The fourth-order valence-electron chi connectivity index (χ4n) is 2.30. The van der Waals surface area contributed by atoms with Crippen LogP contribution in [0, 0.1) is 5.92 Å². The molecule has 2 atom stereocenters. The van der Waals surface area contributed by atoms with Crippen LogP contribution >= 0.6 is 0 Å². The molecule has 2 rings (SSSR count). The van der Waals surface area contributed by atoms with Crippen LogP contribution in [0.15, 0.2) is 30.3 Å². The fourth-order valence-corrected chi connectivity index (χ4v) is 2.30. The molecule has 0 spiro atoms. The van der Waals surface area contributed by atoms with E-state index in [1.807, 2.05) is 30.3 Å². The molecule has 1 fully saturated rings. The molecule has 1 heterocycles. The maximum absolute atomic E-state index is 12.1. The van der Waals surface area contributed by atoms with Gasteiger partial charge >= 0.3 is 5.97 Å². The summed E-state index contributed by atoms with van der Waals surface area (Å²) < 4.78 is 0. The van der Waals surface area contributed by atoms with E-state index in [-0.39, 0.29) is 30.7 Å². The minimum Gasteiger partial charge on any atom is -0.480 e. The van der Waals surface area contributed by atoms with Crippen LogP contribution < -0.4 is 10.6 Å². The lowest BCUT2D eigenvalue weighted by Crippen LogP contribution is -2.49. The summed E-state index contributed by atoms with van der Waals surface area (Å²) in [5.41, 5.74) is 0.849. The van der Waals surface area contributed by atoms with Gasteiger partial charge in [0, 0.05) is 19.4 Å². The lowest BCUT2D eigenvalue weighted by Gasteiger charge is -2.23. The minimum atomic E-state index is -1.06. The molecule has 112 valence electrons. The number of amides is 2. The average Bonchev–Trinajstić information content (AvgIpc) is 2.48. The summed E-state index contributed by atoms with van der Waals surface area (Å²) in [6.07, 6.45) is 0.991. The third kappa shape index (κ3) is 4.30. The first-order valence-electron chi connectivity index (χ1n) is 6.90. The molecule has 0 saturated carbocycles. The largest absolute Gasteiger partial charge is 0.480 e. The van der Waals surface area contributed by atoms with Gasteiger partial charge in [-0.15, -0.1) is 0 Å². The molecule has 0 bridgehead atoms. The van der Waals surface area contributed by atoms with Gasteiger partial charge in [-0.2, -0.15) is 0 Å². The first-order chi connectivity index (χ1) is 10.1. The highest BCUT2D eigenvalue weighted by atomic mass is 16.4. The predicted octanol–water partition coefficient (Wildman–Crippen LogP) is 0.325. The van der Waals surface area contributed by atoms with E-state index in [9.17, 15) is 19.5 Å². The second-order valence-corrected chi connectivity index (χ2v) is 5.13. The number of hydrogen-bond donors (Lipinski definition) is 3. The molecule has 1 aliphatic rings. The van der Waals surface area contributed by atoms with Crippen LogP contribution in [0.1, 0.15) is 18.4 Å². The first kappa shape index (κ1) is 15.0. The number of benzene rings is 1. The molecule has 1 saturated heterocycles. The molecular formula is C15H18N2O4. The topological polar surface area (TPSA) is 95.5 Å². The van der Waals surface area contributed by atoms with Crippen molar-refractivity contribution in [3.63, 3.8) is 0 Å². The zero-order valence-electron chi connectivity index (χ0n) is 11.5. The summed E-state index contributed by atoms with van der Waals surface area (Å²) in [7, 11) is 0. The highest BCUT2D eigenvalue weighted by molar-refractivity contribution is 5.87. The summed E-state index contributed by atoms with van der Waals surface area (Å²) in [5, 5.41) is 14.4. The average molecular weight is 290 g/mol. The Labute approximate surface area is 122 Å². The molecule has 1 aliphatic heterocycles. The van der Waals surface area contributed by atoms with Gasteiger partial charge in [-0.1, -0.05) is 30.3 Å². The minimum absolute atomic E-state index is 0.0712. The van der Waals surface area contributed by atoms with Gasteiger partial charge in [0.05, 0.1) is 5.92 Å². The van der Waals surface area contributed by atoms with Gasteiger partial charge in [0.1, 0.15) is 6.04 Å². The number of carbonyl (C=O) groups is 3. The summed E-state index contributed by atoms with van der Waals surface area (Å²) in [5.74, 6) is -1.82. The smallest absolute Gasteiger partial charge is 0.326 e. The van der Waals surface area contributed by atoms with Crippen molar-refractivity contribution in [3.8, 4) is 0 Å². The lowest BCUT2D eigenvalue weighted by atomic mass is 9.97. The number of hydrogen-bond acceptors (Lipinski definition) is 3. The van der Waals surface area contributed by atoms with Crippen LogP contribution in [0.2, 0.25) is 0 Å². The Morgan fingerprint density at radius 1 is 1.33 bits per heavy atom. The van der Waals surface area contributed by atoms with Crippen molar-refractivity contribution >= 4 is 17.8 Å². The monoisotopic (exact) mass is 290 g/mol. The van der Waals surface area contributed by atoms with Gasteiger partial charge in [-0.05, 0) is 12.0 Å². The number of carboxylic acids is 1. The van der Waals surface area contributed by atoms with Gasteiger partial charge in [0.2, 0.25) is 11.8 Å². The van der Waals surface area contributed by atoms with Gasteiger partial charge in [0.25, 0.3) is 0 Å². The number of rotatable bonds is 5. The highest BCUT2D eigenvalue weighted by Crippen LogP contribution is 2.12. The Morgan fingerprint density at radius 2 is 2.05 bits per heavy atom. The molecule has 2 amide bonds. The number of carbonyl (C=O) groups excluding carboxylic acids is 2. The van der Waals surface area contributed by atoms with Crippen molar-refractivity contribution in [2.45, 2.75) is 25.3 Å². The van der Waals surface area contributed by atoms with Crippen molar-refractivity contribution < 1.29 is 19.5 Å². The van der Waals surface area contributed by atoms with E-state index >= 15 is 0 Å². The zero-order valence-corrected chi connectivity index (χ0v) is 11.5. The molecule has 0 aromatic heterocycles. The SMILES string of the molecule is O=C1CCC(C(=O)N[C@@H](Cc2ccccc2)C(=O)O)CN1. The fraction of sp³-hybridized carbons (Fsp3) is 0.400. The maximum atomic E-state index is 12.1. The van der Waals surface area contributed by atoms with E-state index < -0.39 is 12.0 Å². The molecule has 1 unspecified atom stereocenters. The molecule has 21 heavy (non-hydrogen) atoms. The summed E-state index contributed by atoms with van der Waals surface area (Å²) in [6, 6.07) is 8.19. The van der Waals surface area contributed by atoms with Crippen LogP contribution in [-0.2, 0) is 20.8 Å². The van der Waals surface area contributed by atoms with Gasteiger partial charge in [-0.3, -0.25) is 9.59 Å². The molecule has 6 nitrogen and oxygen atoms in total. The van der Waals surface area contributed by atoms with E-state index in [0.29, 0.717) is 12.8 Å². The standard InChI is InChI=1S/C15H18N2O4/c18-13-7-6-11(9-16-13)14(19)17-12(15(20)21)8-10-4-2-1-3-5-10/h1-5,11-12H,6-9H2,(H,16,18)(H,17,19)(H,20,21)/t11?,12-/m0/s1. The van der Waals surface area contributed by atoms with Gasteiger partial charge in [0.15, 0.2) is 0 Å². The van der Waals surface area contributed by atoms with E-state index in [2.05, 4.69) is 10.6 Å². The van der Waals surface area contributed by atoms with Crippen LogP contribution in [0.3, 0.4) is 0 Å². The lowest BCUT2D eigenvalue weighted by molar-refractivity contribution is -0.143. The molecule has 0 aliphatic carbocycles. The van der Waals surface area contributed by atoms with Crippen molar-refractivity contribution in [3.05, 3.63) is 35.9 Å². The first-order valence-corrected chi connectivity index (χ1v) is 6.90. The van der Waals surface area contributed by atoms with E-state index in [1.165, 1.54) is 0 Å².